The van der Waals surface area contributed by atoms with E-state index in [0.717, 1.165) is 27.9 Å². The molecule has 6 nitrogen and oxygen atoms in total. The third-order valence-electron chi connectivity index (χ3n) is 3.09. The largest absolute Gasteiger partial charge is 0.345 e. The summed E-state index contributed by atoms with van der Waals surface area (Å²) >= 11 is 0. The number of nitrogens with zero attached hydrogens (tertiary/aromatic N) is 4. The molecule has 1 aromatic carbocycles. The van der Waals surface area contributed by atoms with Crippen LogP contribution in [0.2, 0.25) is 0 Å². The van der Waals surface area contributed by atoms with Gasteiger partial charge in [0.2, 0.25) is 0 Å². The zero-order chi connectivity index (χ0) is 13.4. The molecule has 3 heterocycles. The second-order valence-corrected chi connectivity index (χ2v) is 4.36. The van der Waals surface area contributed by atoms with Crippen LogP contribution in [0.4, 0.5) is 11.5 Å². The molecular weight excluding hydrogens is 252 g/mol. The van der Waals surface area contributed by atoms with E-state index in [0.29, 0.717) is 5.65 Å². The average Bonchev–Trinajstić information content (AvgIpc) is 2.95. The van der Waals surface area contributed by atoms with Gasteiger partial charge in [0.25, 0.3) is 0 Å². The molecule has 0 aliphatic heterocycles. The Morgan fingerprint density at radius 3 is 3.00 bits per heavy atom. The Morgan fingerprint density at radius 2 is 2.00 bits per heavy atom. The number of H-pyrrole nitrogens is 1. The monoisotopic (exact) mass is 262 g/mol. The van der Waals surface area contributed by atoms with Crippen molar-refractivity contribution in [3.63, 3.8) is 0 Å². The molecule has 0 bridgehead atoms. The van der Waals surface area contributed by atoms with Gasteiger partial charge >= 0.3 is 0 Å². The van der Waals surface area contributed by atoms with Crippen LogP contribution in [-0.2, 0) is 0 Å². The van der Waals surface area contributed by atoms with E-state index in [1.807, 2.05) is 30.3 Å². The Bertz CT molecular complexity index is 893. The van der Waals surface area contributed by atoms with E-state index < -0.39 is 0 Å². The number of hydrogen-bond acceptors (Lipinski definition) is 5. The summed E-state index contributed by atoms with van der Waals surface area (Å²) in [4.78, 5) is 19.9. The molecule has 0 fully saturated rings. The summed E-state index contributed by atoms with van der Waals surface area (Å²) < 4.78 is 0. The summed E-state index contributed by atoms with van der Waals surface area (Å²) in [7, 11) is 0. The summed E-state index contributed by atoms with van der Waals surface area (Å²) in [5, 5.41) is 4.18. The highest BCUT2D eigenvalue weighted by molar-refractivity contribution is 5.89. The van der Waals surface area contributed by atoms with Gasteiger partial charge in [-0.25, -0.2) is 19.9 Å². The Morgan fingerprint density at radius 1 is 1.00 bits per heavy atom. The summed E-state index contributed by atoms with van der Waals surface area (Å²) in [6.45, 7) is 0. The number of hydrogen-bond donors (Lipinski definition) is 2. The normalized spacial score (nSPS) is 11.0. The molecule has 4 rings (SSSR count). The van der Waals surface area contributed by atoms with Gasteiger partial charge in [-0.3, -0.25) is 0 Å². The van der Waals surface area contributed by atoms with E-state index in [2.05, 4.69) is 30.2 Å². The van der Waals surface area contributed by atoms with Gasteiger partial charge in [-0.2, -0.15) is 0 Å². The minimum atomic E-state index is 0.674. The van der Waals surface area contributed by atoms with Gasteiger partial charge in [-0.05, 0) is 30.3 Å². The third-order valence-corrected chi connectivity index (χ3v) is 3.09. The molecule has 20 heavy (non-hydrogen) atoms. The molecule has 0 saturated carbocycles. The minimum Gasteiger partial charge on any atom is -0.345 e. The molecule has 0 spiro atoms. The lowest BCUT2D eigenvalue weighted by Crippen LogP contribution is -1.96. The number of aromatic amines is 1. The molecule has 0 aliphatic carbocycles. The lowest BCUT2D eigenvalue weighted by Gasteiger charge is -2.07. The van der Waals surface area contributed by atoms with Crippen molar-refractivity contribution in [3.05, 3.63) is 49.2 Å². The Kier molecular flexibility index (Phi) is 2.32. The van der Waals surface area contributed by atoms with Crippen molar-refractivity contribution in [2.75, 3.05) is 5.32 Å². The first-order valence-electron chi connectivity index (χ1n) is 6.16. The predicted octanol–water partition coefficient (Wildman–Crippen LogP) is 2.64. The smallest absolute Gasteiger partial charge is 0.164 e. The van der Waals surface area contributed by atoms with Crippen LogP contribution in [0.15, 0.2) is 49.2 Å². The number of fused-ring (bicyclic) bond motifs is 2. The van der Waals surface area contributed by atoms with Gasteiger partial charge in [0.1, 0.15) is 12.1 Å². The van der Waals surface area contributed by atoms with Crippen LogP contribution in [0.5, 0.6) is 0 Å². The second-order valence-electron chi connectivity index (χ2n) is 4.36. The highest BCUT2D eigenvalue weighted by Crippen LogP contribution is 2.23. The molecule has 3 aromatic heterocycles. The van der Waals surface area contributed by atoms with Crippen LogP contribution in [0.1, 0.15) is 0 Å². The van der Waals surface area contributed by atoms with Crippen LogP contribution in [0.25, 0.3) is 22.1 Å². The summed E-state index contributed by atoms with van der Waals surface area (Å²) in [6, 6.07) is 9.73. The lowest BCUT2D eigenvalue weighted by molar-refractivity contribution is 1.18. The quantitative estimate of drug-likeness (QED) is 0.580. The highest BCUT2D eigenvalue weighted by atomic mass is 15.0. The molecule has 0 aliphatic rings. The van der Waals surface area contributed by atoms with Crippen molar-refractivity contribution in [1.29, 1.82) is 0 Å². The number of anilines is 2. The maximum atomic E-state index is 4.28. The van der Waals surface area contributed by atoms with Gasteiger partial charge in [0, 0.05) is 11.9 Å². The van der Waals surface area contributed by atoms with Gasteiger partial charge in [0.15, 0.2) is 5.65 Å². The standard InChI is InChI=1S/C14H10N6/c1-2-10-13(15-5-1)18-8-19-14(10)20-9-3-4-11-12(6-9)17-7-16-11/h1-8H,(H,16,17)(H,15,18,19,20). The van der Waals surface area contributed by atoms with Crippen molar-refractivity contribution in [2.24, 2.45) is 0 Å². The fraction of sp³-hybridized carbons (Fsp3) is 0. The van der Waals surface area contributed by atoms with Crippen molar-refractivity contribution < 1.29 is 0 Å². The minimum absolute atomic E-state index is 0.674. The third kappa shape index (κ3) is 1.74. The molecule has 6 heteroatoms. The van der Waals surface area contributed by atoms with E-state index >= 15 is 0 Å². The predicted molar refractivity (Wildman–Crippen MR) is 76.7 cm³/mol. The van der Waals surface area contributed by atoms with Crippen LogP contribution in [-0.4, -0.2) is 24.9 Å². The topological polar surface area (TPSA) is 79.4 Å². The zero-order valence-electron chi connectivity index (χ0n) is 10.4. The molecule has 0 saturated heterocycles. The molecule has 0 amide bonds. The van der Waals surface area contributed by atoms with Gasteiger partial charge in [0.05, 0.1) is 22.7 Å². The fourth-order valence-electron chi connectivity index (χ4n) is 2.15. The molecule has 2 N–H and O–H groups in total. The van der Waals surface area contributed by atoms with Gasteiger partial charge < -0.3 is 10.3 Å². The summed E-state index contributed by atoms with van der Waals surface area (Å²) in [5.41, 5.74) is 3.52. The van der Waals surface area contributed by atoms with Crippen molar-refractivity contribution in [3.8, 4) is 0 Å². The fourth-order valence-corrected chi connectivity index (χ4v) is 2.15. The zero-order valence-corrected chi connectivity index (χ0v) is 10.4. The van der Waals surface area contributed by atoms with E-state index in [4.69, 9.17) is 0 Å². The molecule has 96 valence electrons. The number of aromatic nitrogens is 5. The van der Waals surface area contributed by atoms with Crippen LogP contribution in [0, 0.1) is 0 Å². The first kappa shape index (κ1) is 10.9. The maximum absolute atomic E-state index is 4.28. The van der Waals surface area contributed by atoms with Crippen molar-refractivity contribution in [1.82, 2.24) is 24.9 Å². The van der Waals surface area contributed by atoms with E-state index in [1.165, 1.54) is 6.33 Å². The number of nitrogens with one attached hydrogen (secondary N) is 2. The van der Waals surface area contributed by atoms with Crippen LogP contribution < -0.4 is 5.32 Å². The summed E-state index contributed by atoms with van der Waals surface area (Å²) in [5.74, 6) is 0.738. The summed E-state index contributed by atoms with van der Waals surface area (Å²) in [6.07, 6.45) is 4.90. The lowest BCUT2D eigenvalue weighted by atomic mass is 10.2. The van der Waals surface area contributed by atoms with Gasteiger partial charge in [-0.1, -0.05) is 0 Å². The molecular formula is C14H10N6. The van der Waals surface area contributed by atoms with Crippen LogP contribution in [0.3, 0.4) is 0 Å². The molecule has 4 aromatic rings. The number of imidazole rings is 1. The van der Waals surface area contributed by atoms with Crippen molar-refractivity contribution >= 4 is 33.6 Å². The van der Waals surface area contributed by atoms with E-state index in [-0.39, 0.29) is 0 Å². The molecule has 0 atom stereocenters. The number of pyridine rings is 1. The first-order valence-corrected chi connectivity index (χ1v) is 6.16. The Labute approximate surface area is 113 Å². The Hall–Kier alpha value is -3.02. The number of benzene rings is 1. The SMILES string of the molecule is c1cnc2ncnc(Nc3ccc4nc[nH]c4c3)c2c1. The first-order chi connectivity index (χ1) is 9.90. The highest BCUT2D eigenvalue weighted by Gasteiger charge is 2.05. The van der Waals surface area contributed by atoms with E-state index in [9.17, 15) is 0 Å². The maximum Gasteiger partial charge on any atom is 0.164 e. The molecule has 0 radical (unpaired) electrons. The number of rotatable bonds is 2. The Balaban J connectivity index is 1.80. The van der Waals surface area contributed by atoms with Gasteiger partial charge in [-0.15, -0.1) is 0 Å². The average molecular weight is 262 g/mol. The van der Waals surface area contributed by atoms with Crippen LogP contribution >= 0.6 is 0 Å². The van der Waals surface area contributed by atoms with Crippen molar-refractivity contribution in [2.45, 2.75) is 0 Å². The molecule has 0 unspecified atom stereocenters. The van der Waals surface area contributed by atoms with E-state index in [1.54, 1.807) is 12.5 Å². The second kappa shape index (κ2) is 4.27.